The number of ether oxygens (including phenoxy) is 1. The van der Waals surface area contributed by atoms with Gasteiger partial charge in [-0.1, -0.05) is 12.8 Å². The van der Waals surface area contributed by atoms with Crippen LogP contribution in [0.1, 0.15) is 25.7 Å². The molecule has 0 amide bonds. The van der Waals surface area contributed by atoms with Gasteiger partial charge in [0, 0.05) is 7.05 Å². The summed E-state index contributed by atoms with van der Waals surface area (Å²) in [5.41, 5.74) is 0. The second-order valence-electron chi connectivity index (χ2n) is 3.95. The molecule has 0 atom stereocenters. The van der Waals surface area contributed by atoms with Gasteiger partial charge in [0.1, 0.15) is 5.82 Å². The summed E-state index contributed by atoms with van der Waals surface area (Å²) >= 11 is 0. The summed E-state index contributed by atoms with van der Waals surface area (Å²) < 4.78 is 5.62. The lowest BCUT2D eigenvalue weighted by molar-refractivity contribution is 0.243. The number of aromatic nitrogens is 2. The zero-order valence-electron chi connectivity index (χ0n) is 9.07. The first-order chi connectivity index (χ1) is 7.38. The zero-order valence-corrected chi connectivity index (χ0v) is 9.07. The van der Waals surface area contributed by atoms with E-state index in [1.165, 1.54) is 25.7 Å². The Morgan fingerprint density at radius 3 is 2.93 bits per heavy atom. The topological polar surface area (TPSA) is 47.0 Å². The molecule has 4 nitrogen and oxygen atoms in total. The van der Waals surface area contributed by atoms with Crippen molar-refractivity contribution in [1.82, 2.24) is 9.97 Å². The number of hydrogen-bond donors (Lipinski definition) is 1. The number of nitrogens with zero attached hydrogens (tertiary/aromatic N) is 2. The lowest BCUT2D eigenvalue weighted by atomic mass is 10.1. The third kappa shape index (κ3) is 2.81. The van der Waals surface area contributed by atoms with Crippen molar-refractivity contribution in [2.75, 3.05) is 19.0 Å². The quantitative estimate of drug-likeness (QED) is 0.821. The van der Waals surface area contributed by atoms with E-state index in [0.29, 0.717) is 11.8 Å². The molecule has 0 spiro atoms. The van der Waals surface area contributed by atoms with Crippen LogP contribution < -0.4 is 10.1 Å². The molecule has 0 bridgehead atoms. The van der Waals surface area contributed by atoms with Gasteiger partial charge in [0.25, 0.3) is 0 Å². The third-order valence-electron chi connectivity index (χ3n) is 2.81. The van der Waals surface area contributed by atoms with E-state index in [9.17, 15) is 0 Å². The van der Waals surface area contributed by atoms with Crippen LogP contribution in [-0.2, 0) is 0 Å². The van der Waals surface area contributed by atoms with E-state index in [1.54, 1.807) is 12.4 Å². The van der Waals surface area contributed by atoms with Crippen molar-refractivity contribution in [1.29, 1.82) is 0 Å². The SMILES string of the molecule is CNc1cncc(OCC2CCCC2)n1. The highest BCUT2D eigenvalue weighted by Crippen LogP contribution is 2.25. The Morgan fingerprint density at radius 2 is 2.20 bits per heavy atom. The normalized spacial score (nSPS) is 16.6. The van der Waals surface area contributed by atoms with Crippen molar-refractivity contribution < 1.29 is 4.74 Å². The molecule has 0 aliphatic heterocycles. The van der Waals surface area contributed by atoms with Crippen molar-refractivity contribution in [3.05, 3.63) is 12.4 Å². The van der Waals surface area contributed by atoms with Crippen LogP contribution in [0.25, 0.3) is 0 Å². The number of rotatable bonds is 4. The minimum Gasteiger partial charge on any atom is -0.476 e. The van der Waals surface area contributed by atoms with Crippen LogP contribution >= 0.6 is 0 Å². The molecule has 82 valence electrons. The summed E-state index contributed by atoms with van der Waals surface area (Å²) in [7, 11) is 1.82. The lowest BCUT2D eigenvalue weighted by Gasteiger charge is -2.10. The average Bonchev–Trinajstić information content (AvgIpc) is 2.79. The van der Waals surface area contributed by atoms with Gasteiger partial charge in [-0.3, -0.25) is 4.98 Å². The minimum atomic E-state index is 0.619. The molecule has 1 aromatic rings. The maximum atomic E-state index is 5.62. The highest BCUT2D eigenvalue weighted by molar-refractivity contribution is 5.31. The number of hydrogen-bond acceptors (Lipinski definition) is 4. The van der Waals surface area contributed by atoms with Crippen molar-refractivity contribution in [2.45, 2.75) is 25.7 Å². The first-order valence-electron chi connectivity index (χ1n) is 5.51. The first kappa shape index (κ1) is 10.2. The molecule has 2 rings (SSSR count). The van der Waals surface area contributed by atoms with E-state index in [2.05, 4.69) is 15.3 Å². The van der Waals surface area contributed by atoms with E-state index >= 15 is 0 Å². The molecule has 1 aliphatic carbocycles. The largest absolute Gasteiger partial charge is 0.476 e. The fourth-order valence-corrected chi connectivity index (χ4v) is 1.92. The van der Waals surface area contributed by atoms with Crippen LogP contribution in [0.2, 0.25) is 0 Å². The van der Waals surface area contributed by atoms with Crippen LogP contribution in [0.4, 0.5) is 5.82 Å². The minimum absolute atomic E-state index is 0.619. The van der Waals surface area contributed by atoms with E-state index in [4.69, 9.17) is 4.74 Å². The molecule has 1 aliphatic rings. The van der Waals surface area contributed by atoms with Gasteiger partial charge in [-0.05, 0) is 18.8 Å². The zero-order chi connectivity index (χ0) is 10.5. The second kappa shape index (κ2) is 4.96. The molecule has 1 fully saturated rings. The predicted octanol–water partition coefficient (Wildman–Crippen LogP) is 2.09. The van der Waals surface area contributed by atoms with Gasteiger partial charge in [-0.15, -0.1) is 0 Å². The molecule has 4 heteroatoms. The second-order valence-corrected chi connectivity index (χ2v) is 3.95. The van der Waals surface area contributed by atoms with Crippen molar-refractivity contribution in [3.8, 4) is 5.88 Å². The van der Waals surface area contributed by atoms with E-state index in [0.717, 1.165) is 12.4 Å². The van der Waals surface area contributed by atoms with Gasteiger partial charge in [-0.2, -0.15) is 4.98 Å². The van der Waals surface area contributed by atoms with Crippen LogP contribution in [0.15, 0.2) is 12.4 Å². The van der Waals surface area contributed by atoms with Gasteiger partial charge in [0.2, 0.25) is 5.88 Å². The molecule has 15 heavy (non-hydrogen) atoms. The van der Waals surface area contributed by atoms with Crippen molar-refractivity contribution in [2.24, 2.45) is 5.92 Å². The average molecular weight is 207 g/mol. The summed E-state index contributed by atoms with van der Waals surface area (Å²) in [6.45, 7) is 0.780. The molecule has 1 heterocycles. The highest BCUT2D eigenvalue weighted by Gasteiger charge is 2.15. The molecular weight excluding hydrogens is 190 g/mol. The first-order valence-corrected chi connectivity index (χ1v) is 5.51. The van der Waals surface area contributed by atoms with Gasteiger partial charge in [0.15, 0.2) is 0 Å². The van der Waals surface area contributed by atoms with Gasteiger partial charge in [-0.25, -0.2) is 0 Å². The van der Waals surface area contributed by atoms with E-state index in [1.807, 2.05) is 7.05 Å². The fourth-order valence-electron chi connectivity index (χ4n) is 1.92. The Balaban J connectivity index is 1.86. The van der Waals surface area contributed by atoms with Crippen LogP contribution in [0.3, 0.4) is 0 Å². The standard InChI is InChI=1S/C11H17N3O/c1-12-10-6-13-7-11(14-10)15-8-9-4-2-3-5-9/h6-7,9H,2-5,8H2,1H3,(H,12,14). The number of nitrogens with one attached hydrogen (secondary N) is 1. The third-order valence-corrected chi connectivity index (χ3v) is 2.81. The lowest BCUT2D eigenvalue weighted by Crippen LogP contribution is -2.09. The molecule has 1 saturated carbocycles. The van der Waals surface area contributed by atoms with Crippen molar-refractivity contribution in [3.63, 3.8) is 0 Å². The Morgan fingerprint density at radius 1 is 1.40 bits per heavy atom. The summed E-state index contributed by atoms with van der Waals surface area (Å²) in [5, 5.41) is 2.94. The van der Waals surface area contributed by atoms with E-state index < -0.39 is 0 Å². The number of anilines is 1. The smallest absolute Gasteiger partial charge is 0.234 e. The summed E-state index contributed by atoms with van der Waals surface area (Å²) in [4.78, 5) is 8.31. The molecule has 0 saturated heterocycles. The Bertz CT molecular complexity index is 310. The maximum absolute atomic E-state index is 5.62. The molecule has 1 N–H and O–H groups in total. The summed E-state index contributed by atoms with van der Waals surface area (Å²) in [6, 6.07) is 0. The molecule has 0 radical (unpaired) electrons. The van der Waals surface area contributed by atoms with Crippen LogP contribution in [-0.4, -0.2) is 23.6 Å². The maximum Gasteiger partial charge on any atom is 0.234 e. The molecule has 0 unspecified atom stereocenters. The summed E-state index contributed by atoms with van der Waals surface area (Å²) in [6.07, 6.45) is 8.61. The highest BCUT2D eigenvalue weighted by atomic mass is 16.5. The van der Waals surface area contributed by atoms with Crippen LogP contribution in [0.5, 0.6) is 5.88 Å². The molecule has 0 aromatic carbocycles. The predicted molar refractivity (Wildman–Crippen MR) is 59.0 cm³/mol. The molecule has 1 aromatic heterocycles. The Kier molecular flexibility index (Phi) is 3.37. The van der Waals surface area contributed by atoms with Gasteiger partial charge >= 0.3 is 0 Å². The van der Waals surface area contributed by atoms with Gasteiger partial charge in [0.05, 0.1) is 19.0 Å². The van der Waals surface area contributed by atoms with Gasteiger partial charge < -0.3 is 10.1 Å². The summed E-state index contributed by atoms with van der Waals surface area (Å²) in [5.74, 6) is 2.08. The Hall–Kier alpha value is -1.32. The fraction of sp³-hybridized carbons (Fsp3) is 0.636. The van der Waals surface area contributed by atoms with Crippen LogP contribution in [0, 0.1) is 5.92 Å². The monoisotopic (exact) mass is 207 g/mol. The Labute approximate surface area is 90.1 Å². The molecular formula is C11H17N3O. The van der Waals surface area contributed by atoms with Crippen molar-refractivity contribution >= 4 is 5.82 Å². The van der Waals surface area contributed by atoms with E-state index in [-0.39, 0.29) is 0 Å².